The van der Waals surface area contributed by atoms with Crippen molar-refractivity contribution < 1.29 is 14.6 Å². The van der Waals surface area contributed by atoms with Crippen LogP contribution in [0.1, 0.15) is 32.6 Å². The molecule has 0 aromatic carbocycles. The number of hydrogen-bond donors (Lipinski definition) is 2. The molecule has 14 heavy (non-hydrogen) atoms. The third-order valence-electron chi connectivity index (χ3n) is 2.47. The van der Waals surface area contributed by atoms with Gasteiger partial charge >= 0.3 is 5.97 Å². The third-order valence-corrected chi connectivity index (χ3v) is 2.47. The van der Waals surface area contributed by atoms with Crippen molar-refractivity contribution in [2.75, 3.05) is 13.1 Å². The highest BCUT2D eigenvalue weighted by Crippen LogP contribution is 2.13. The molecule has 82 valence electrons. The Labute approximate surface area is 84.6 Å². The predicted molar refractivity (Wildman–Crippen MR) is 53.3 cm³/mol. The van der Waals surface area contributed by atoms with E-state index in [0.29, 0.717) is 6.42 Å². The second-order valence-electron chi connectivity index (χ2n) is 3.70. The van der Waals surface area contributed by atoms with Crippen molar-refractivity contribution in [3.63, 3.8) is 0 Å². The van der Waals surface area contributed by atoms with E-state index in [9.17, 15) is 4.79 Å². The highest BCUT2D eigenvalue weighted by molar-refractivity contribution is 5.72. The molecule has 1 saturated heterocycles. The minimum absolute atomic E-state index is 0.129. The summed E-state index contributed by atoms with van der Waals surface area (Å²) >= 11 is 0. The lowest BCUT2D eigenvalue weighted by Crippen LogP contribution is -2.37. The summed E-state index contributed by atoms with van der Waals surface area (Å²) in [6, 6.07) is 0. The number of carboxylic acids is 1. The van der Waals surface area contributed by atoms with Crippen molar-refractivity contribution in [2.24, 2.45) is 0 Å². The number of aliphatic carboxylic acids is 1. The van der Waals surface area contributed by atoms with Gasteiger partial charge in [-0.3, -0.25) is 0 Å². The van der Waals surface area contributed by atoms with Gasteiger partial charge in [-0.15, -0.1) is 0 Å². The molecule has 0 aromatic heterocycles. The SMILES string of the molecule is CCCC(OC1CCNCC1)C(=O)O. The third kappa shape index (κ3) is 3.64. The van der Waals surface area contributed by atoms with Crippen LogP contribution in [0.15, 0.2) is 0 Å². The lowest BCUT2D eigenvalue weighted by Gasteiger charge is -2.26. The molecular formula is C10H19NO3. The summed E-state index contributed by atoms with van der Waals surface area (Å²) in [5, 5.41) is 12.1. The average Bonchev–Trinajstić information content (AvgIpc) is 2.18. The summed E-state index contributed by atoms with van der Waals surface area (Å²) in [6.07, 6.45) is 2.83. The van der Waals surface area contributed by atoms with E-state index in [1.165, 1.54) is 0 Å². The summed E-state index contributed by atoms with van der Waals surface area (Å²) in [5.74, 6) is -0.828. The van der Waals surface area contributed by atoms with Crippen LogP contribution >= 0.6 is 0 Å². The molecule has 4 heteroatoms. The number of rotatable bonds is 5. The molecule has 1 fully saturated rings. The average molecular weight is 201 g/mol. The monoisotopic (exact) mass is 201 g/mol. The first-order valence-corrected chi connectivity index (χ1v) is 5.33. The fourth-order valence-electron chi connectivity index (χ4n) is 1.68. The molecule has 0 amide bonds. The van der Waals surface area contributed by atoms with E-state index < -0.39 is 12.1 Å². The minimum atomic E-state index is -0.828. The predicted octanol–water partition coefficient (Wildman–Crippen LogP) is 1.01. The van der Waals surface area contributed by atoms with E-state index in [-0.39, 0.29) is 6.10 Å². The Morgan fingerprint density at radius 2 is 2.21 bits per heavy atom. The molecule has 0 radical (unpaired) electrons. The molecule has 1 unspecified atom stereocenters. The molecule has 0 bridgehead atoms. The summed E-state index contributed by atoms with van der Waals surface area (Å²) in [4.78, 5) is 10.8. The second kappa shape index (κ2) is 5.98. The molecule has 1 aliphatic rings. The molecule has 0 spiro atoms. The highest BCUT2D eigenvalue weighted by Gasteiger charge is 2.23. The number of piperidine rings is 1. The molecular weight excluding hydrogens is 182 g/mol. The van der Waals surface area contributed by atoms with Gasteiger partial charge < -0.3 is 15.2 Å². The first-order valence-electron chi connectivity index (χ1n) is 5.33. The van der Waals surface area contributed by atoms with E-state index >= 15 is 0 Å². The van der Waals surface area contributed by atoms with Gasteiger partial charge in [0.2, 0.25) is 0 Å². The summed E-state index contributed by atoms with van der Waals surface area (Å²) < 4.78 is 5.55. The van der Waals surface area contributed by atoms with Crippen LogP contribution in [0.25, 0.3) is 0 Å². The normalized spacial score (nSPS) is 20.6. The zero-order chi connectivity index (χ0) is 10.4. The number of carbonyl (C=O) groups is 1. The molecule has 0 aromatic rings. The first-order chi connectivity index (χ1) is 6.74. The topological polar surface area (TPSA) is 58.6 Å². The van der Waals surface area contributed by atoms with Gasteiger partial charge in [-0.05, 0) is 32.4 Å². The number of carboxylic acid groups (broad SMARTS) is 1. The van der Waals surface area contributed by atoms with E-state index in [1.54, 1.807) is 0 Å². The Morgan fingerprint density at radius 3 is 2.71 bits per heavy atom. The molecule has 0 aliphatic carbocycles. The van der Waals surface area contributed by atoms with Crippen LogP contribution in [0.2, 0.25) is 0 Å². The van der Waals surface area contributed by atoms with Crippen molar-refractivity contribution in [2.45, 2.75) is 44.8 Å². The van der Waals surface area contributed by atoms with Crippen LogP contribution in [0.3, 0.4) is 0 Å². The van der Waals surface area contributed by atoms with E-state index in [0.717, 1.165) is 32.4 Å². The lowest BCUT2D eigenvalue weighted by atomic mass is 10.1. The van der Waals surface area contributed by atoms with Crippen molar-refractivity contribution in [3.05, 3.63) is 0 Å². The molecule has 4 nitrogen and oxygen atoms in total. The van der Waals surface area contributed by atoms with E-state index in [1.807, 2.05) is 6.92 Å². The van der Waals surface area contributed by atoms with Gasteiger partial charge in [-0.1, -0.05) is 13.3 Å². The number of ether oxygens (including phenoxy) is 1. The standard InChI is InChI=1S/C10H19NO3/c1-2-3-9(10(12)13)14-8-4-6-11-7-5-8/h8-9,11H,2-7H2,1H3,(H,12,13). The van der Waals surface area contributed by atoms with Gasteiger partial charge in [-0.2, -0.15) is 0 Å². The van der Waals surface area contributed by atoms with Crippen LogP contribution in [-0.2, 0) is 9.53 Å². The number of nitrogens with one attached hydrogen (secondary N) is 1. The maximum absolute atomic E-state index is 10.8. The largest absolute Gasteiger partial charge is 0.479 e. The van der Waals surface area contributed by atoms with E-state index in [4.69, 9.17) is 9.84 Å². The molecule has 1 atom stereocenters. The first kappa shape index (κ1) is 11.5. The van der Waals surface area contributed by atoms with Gasteiger partial charge in [0.15, 0.2) is 6.10 Å². The zero-order valence-corrected chi connectivity index (χ0v) is 8.66. The van der Waals surface area contributed by atoms with Gasteiger partial charge in [0.1, 0.15) is 0 Å². The molecule has 0 saturated carbocycles. The Hall–Kier alpha value is -0.610. The van der Waals surface area contributed by atoms with Crippen molar-refractivity contribution in [1.29, 1.82) is 0 Å². The molecule has 1 heterocycles. The van der Waals surface area contributed by atoms with Crippen molar-refractivity contribution >= 4 is 5.97 Å². The summed E-state index contributed by atoms with van der Waals surface area (Å²) in [6.45, 7) is 3.84. The van der Waals surface area contributed by atoms with Crippen molar-refractivity contribution in [3.8, 4) is 0 Å². The quantitative estimate of drug-likeness (QED) is 0.697. The maximum atomic E-state index is 10.8. The maximum Gasteiger partial charge on any atom is 0.332 e. The zero-order valence-electron chi connectivity index (χ0n) is 8.66. The fourth-order valence-corrected chi connectivity index (χ4v) is 1.68. The summed E-state index contributed by atoms with van der Waals surface area (Å²) in [7, 11) is 0. The lowest BCUT2D eigenvalue weighted by molar-refractivity contribution is -0.155. The van der Waals surface area contributed by atoms with Crippen LogP contribution in [0.5, 0.6) is 0 Å². The van der Waals surface area contributed by atoms with Gasteiger partial charge in [0.25, 0.3) is 0 Å². The molecule has 2 N–H and O–H groups in total. The Kier molecular flexibility index (Phi) is 4.90. The van der Waals surface area contributed by atoms with E-state index in [2.05, 4.69) is 5.32 Å². The molecule has 1 aliphatic heterocycles. The van der Waals surface area contributed by atoms with Crippen molar-refractivity contribution in [1.82, 2.24) is 5.32 Å². The van der Waals surface area contributed by atoms with Gasteiger partial charge in [0, 0.05) is 0 Å². The second-order valence-corrected chi connectivity index (χ2v) is 3.70. The Balaban J connectivity index is 2.33. The number of hydrogen-bond acceptors (Lipinski definition) is 3. The van der Waals surface area contributed by atoms with Crippen LogP contribution in [-0.4, -0.2) is 36.4 Å². The van der Waals surface area contributed by atoms with Crippen LogP contribution in [0.4, 0.5) is 0 Å². The Morgan fingerprint density at radius 1 is 1.57 bits per heavy atom. The van der Waals surface area contributed by atoms with Gasteiger partial charge in [-0.25, -0.2) is 4.79 Å². The highest BCUT2D eigenvalue weighted by atomic mass is 16.5. The summed E-state index contributed by atoms with van der Waals surface area (Å²) in [5.41, 5.74) is 0. The minimum Gasteiger partial charge on any atom is -0.479 e. The smallest absolute Gasteiger partial charge is 0.332 e. The van der Waals surface area contributed by atoms with Crippen LogP contribution in [0, 0.1) is 0 Å². The Bertz CT molecular complexity index is 178. The fraction of sp³-hybridized carbons (Fsp3) is 0.900. The molecule has 1 rings (SSSR count). The van der Waals surface area contributed by atoms with Crippen LogP contribution < -0.4 is 5.32 Å². The van der Waals surface area contributed by atoms with Gasteiger partial charge in [0.05, 0.1) is 6.10 Å².